The highest BCUT2D eigenvalue weighted by Crippen LogP contribution is 2.43. The number of halogens is 1. The highest BCUT2D eigenvalue weighted by Gasteiger charge is 2.67. The third kappa shape index (κ3) is 5.05. The van der Waals surface area contributed by atoms with Crippen LogP contribution in [0.4, 0.5) is 4.79 Å². The van der Waals surface area contributed by atoms with Crippen molar-refractivity contribution in [3.05, 3.63) is 17.1 Å². The van der Waals surface area contributed by atoms with E-state index in [1.165, 1.54) is 6.92 Å². The average molecular weight is 440 g/mol. The maximum Gasteiger partial charge on any atom is 0.345 e. The zero-order chi connectivity index (χ0) is 22.4. The van der Waals surface area contributed by atoms with Gasteiger partial charge in [-0.2, -0.15) is 5.01 Å². The molecular weight excluding hydrogens is 410 g/mol. The number of nitroso groups, excluding NO2 is 1. The Morgan fingerprint density at radius 3 is 2.41 bits per heavy atom. The minimum absolute atomic E-state index is 0.148. The van der Waals surface area contributed by atoms with Gasteiger partial charge in [-0.05, 0) is 13.3 Å². The van der Waals surface area contributed by atoms with Crippen LogP contribution in [0.2, 0.25) is 0 Å². The van der Waals surface area contributed by atoms with Crippen LogP contribution in [0, 0.1) is 4.91 Å². The van der Waals surface area contributed by atoms with Crippen LogP contribution in [0.3, 0.4) is 0 Å². The molecule has 1 heterocycles. The maximum atomic E-state index is 13.0. The topological polar surface area (TPSA) is 163 Å². The predicted molar refractivity (Wildman–Crippen MR) is 104 cm³/mol. The lowest BCUT2D eigenvalue weighted by molar-refractivity contribution is -0.419. The number of aliphatic hydroxyl groups excluding tert-OH is 3. The van der Waals surface area contributed by atoms with Crippen LogP contribution < -0.4 is 0 Å². The molecule has 1 rings (SSSR count). The molecule has 0 aromatic heterocycles. The second-order valence-electron chi connectivity index (χ2n) is 7.11. The molecule has 168 valence electrons. The lowest BCUT2D eigenvalue weighted by Gasteiger charge is -2.56. The zero-order valence-electron chi connectivity index (χ0n) is 16.6. The van der Waals surface area contributed by atoms with E-state index in [4.69, 9.17) is 16.3 Å². The summed E-state index contributed by atoms with van der Waals surface area (Å²) in [5, 5.41) is 56.1. The molecule has 11 nitrogen and oxygen atoms in total. The largest absolute Gasteiger partial charge is 0.394 e. The minimum Gasteiger partial charge on any atom is -0.394 e. The van der Waals surface area contributed by atoms with Crippen LogP contribution in [0.25, 0.3) is 0 Å². The van der Waals surface area contributed by atoms with Gasteiger partial charge in [-0.15, -0.1) is 16.5 Å². The molecule has 0 spiro atoms. The summed E-state index contributed by atoms with van der Waals surface area (Å²) in [4.78, 5) is 24.6. The molecule has 12 heteroatoms. The lowest BCUT2D eigenvalue weighted by Crippen LogP contribution is -2.80. The molecule has 0 aliphatic carbocycles. The quantitative estimate of drug-likeness (QED) is 0.103. The first kappa shape index (κ1) is 25.7. The monoisotopic (exact) mass is 439 g/mol. The molecule has 1 fully saturated rings. The number of unbranched alkanes of at least 4 members (excludes halogenated alkanes) is 1. The van der Waals surface area contributed by atoms with Gasteiger partial charge in [0.2, 0.25) is 11.5 Å². The number of nitrogens with zero attached hydrogens (tertiary/aromatic N) is 3. The van der Waals surface area contributed by atoms with Crippen molar-refractivity contribution < 1.29 is 35.1 Å². The van der Waals surface area contributed by atoms with Gasteiger partial charge in [0, 0.05) is 18.8 Å². The van der Waals surface area contributed by atoms with Crippen LogP contribution in [-0.4, -0.2) is 96.9 Å². The molecule has 0 bridgehead atoms. The number of rotatable bonds is 10. The van der Waals surface area contributed by atoms with Gasteiger partial charge in [-0.1, -0.05) is 25.5 Å². The van der Waals surface area contributed by atoms with Crippen molar-refractivity contribution in [3.8, 4) is 0 Å². The van der Waals surface area contributed by atoms with Crippen molar-refractivity contribution in [1.82, 2.24) is 9.91 Å². The van der Waals surface area contributed by atoms with E-state index in [1.54, 1.807) is 6.92 Å². The van der Waals surface area contributed by atoms with E-state index in [-0.39, 0.29) is 18.8 Å². The third-order valence-corrected chi connectivity index (χ3v) is 4.94. The van der Waals surface area contributed by atoms with Crippen LogP contribution in [0.15, 0.2) is 17.4 Å². The van der Waals surface area contributed by atoms with E-state index >= 15 is 0 Å². The normalized spacial score (nSPS) is 31.9. The SMILES string of the molecule is C=C(C)CN(C(=O)N(CCCl)N=O)[C@@]1(O)[C@@H](O)[C@H](O)[C@@H](CO)O[C@@]1(O)CCCC. The number of ether oxygens (including phenoxy) is 1. The standard InChI is InChI=1S/C17H30ClN3O8/c1-4-5-6-16(26)17(27,14(24)13(23)12(10-22)29-16)20(9-11(2)3)15(25)21(19-28)8-7-18/h12-14,22-24,26-27H,2,4-10H2,1,3H3/t12-,13-,14+,16+,17-/m1/s1. The summed E-state index contributed by atoms with van der Waals surface area (Å²) >= 11 is 5.58. The molecule has 29 heavy (non-hydrogen) atoms. The number of hydrogen-bond donors (Lipinski definition) is 5. The van der Waals surface area contributed by atoms with E-state index in [9.17, 15) is 35.2 Å². The van der Waals surface area contributed by atoms with Gasteiger partial charge in [0.15, 0.2) is 0 Å². The fraction of sp³-hybridized carbons (Fsp3) is 0.824. The van der Waals surface area contributed by atoms with Gasteiger partial charge < -0.3 is 30.3 Å². The molecule has 0 aromatic carbocycles. The van der Waals surface area contributed by atoms with Crippen LogP contribution in [0.5, 0.6) is 0 Å². The van der Waals surface area contributed by atoms with Crippen molar-refractivity contribution in [2.24, 2.45) is 5.29 Å². The molecule has 2 amide bonds. The van der Waals surface area contributed by atoms with E-state index in [2.05, 4.69) is 11.9 Å². The summed E-state index contributed by atoms with van der Waals surface area (Å²) < 4.78 is 5.38. The minimum atomic E-state index is -2.89. The number of carbonyl (C=O) groups excluding carboxylic acids is 1. The first-order chi connectivity index (χ1) is 13.5. The molecule has 1 aliphatic heterocycles. The third-order valence-electron chi connectivity index (χ3n) is 4.77. The van der Waals surface area contributed by atoms with E-state index in [1.807, 2.05) is 0 Å². The molecule has 1 aliphatic rings. The molecule has 0 aromatic rings. The summed E-state index contributed by atoms with van der Waals surface area (Å²) in [7, 11) is 0. The smallest absolute Gasteiger partial charge is 0.345 e. The van der Waals surface area contributed by atoms with Crippen molar-refractivity contribution >= 4 is 17.6 Å². The molecule has 1 saturated heterocycles. The molecular formula is C17H30ClN3O8. The molecule has 5 atom stereocenters. The van der Waals surface area contributed by atoms with Gasteiger partial charge >= 0.3 is 6.03 Å². The summed E-state index contributed by atoms with van der Waals surface area (Å²) in [6.45, 7) is 5.49. The Hall–Kier alpha value is -1.34. The van der Waals surface area contributed by atoms with Gasteiger partial charge in [-0.3, -0.25) is 4.90 Å². The van der Waals surface area contributed by atoms with Gasteiger partial charge in [0.25, 0.3) is 0 Å². The van der Waals surface area contributed by atoms with Gasteiger partial charge in [0.1, 0.15) is 18.3 Å². The van der Waals surface area contributed by atoms with Crippen molar-refractivity contribution in [2.75, 3.05) is 25.6 Å². The van der Waals surface area contributed by atoms with E-state index in [0.29, 0.717) is 28.3 Å². The number of amides is 2. The maximum absolute atomic E-state index is 13.0. The van der Waals surface area contributed by atoms with Gasteiger partial charge in [-0.25, -0.2) is 4.79 Å². The molecule has 0 radical (unpaired) electrons. The van der Waals surface area contributed by atoms with Crippen molar-refractivity contribution in [1.29, 1.82) is 0 Å². The second-order valence-corrected chi connectivity index (χ2v) is 7.49. The van der Waals surface area contributed by atoms with E-state index in [0.717, 1.165) is 0 Å². The Morgan fingerprint density at radius 2 is 1.97 bits per heavy atom. The lowest BCUT2D eigenvalue weighted by atomic mass is 9.82. The van der Waals surface area contributed by atoms with Crippen molar-refractivity contribution in [3.63, 3.8) is 0 Å². The predicted octanol–water partition coefficient (Wildman–Crippen LogP) is -0.113. The number of aliphatic hydroxyl groups is 5. The number of carbonyl (C=O) groups is 1. The number of alkyl halides is 1. The first-order valence-corrected chi connectivity index (χ1v) is 9.79. The Balaban J connectivity index is 3.56. The summed E-state index contributed by atoms with van der Waals surface area (Å²) in [6, 6.07) is -1.18. The Bertz CT molecular complexity index is 597. The molecule has 5 N–H and O–H groups in total. The summed E-state index contributed by atoms with van der Waals surface area (Å²) in [5.41, 5.74) is -2.56. The summed E-state index contributed by atoms with van der Waals surface area (Å²) in [5.74, 6) is -2.72. The highest BCUT2D eigenvalue weighted by atomic mass is 35.5. The van der Waals surface area contributed by atoms with Crippen LogP contribution >= 0.6 is 11.6 Å². The fourth-order valence-corrected chi connectivity index (χ4v) is 3.41. The van der Waals surface area contributed by atoms with E-state index < -0.39 is 49.0 Å². The average Bonchev–Trinajstić information content (AvgIpc) is 2.69. The summed E-state index contributed by atoms with van der Waals surface area (Å²) in [6.07, 6.45) is -4.79. The van der Waals surface area contributed by atoms with Gasteiger partial charge in [0.05, 0.1) is 18.4 Å². The number of urea groups is 1. The zero-order valence-corrected chi connectivity index (χ0v) is 17.3. The van der Waals surface area contributed by atoms with Crippen LogP contribution in [-0.2, 0) is 4.74 Å². The first-order valence-electron chi connectivity index (χ1n) is 9.26. The highest BCUT2D eigenvalue weighted by molar-refractivity contribution is 6.18. The second kappa shape index (κ2) is 10.6. The fourth-order valence-electron chi connectivity index (χ4n) is 3.25. The van der Waals surface area contributed by atoms with Crippen LogP contribution in [0.1, 0.15) is 33.1 Å². The molecule has 0 unspecified atom stereocenters. The Kier molecular flexibility index (Phi) is 9.41. The van der Waals surface area contributed by atoms with Crippen molar-refractivity contribution in [2.45, 2.75) is 62.9 Å². The number of hydrogen-bond acceptors (Lipinski definition) is 9. The molecule has 0 saturated carbocycles. The Morgan fingerprint density at radius 1 is 1.34 bits per heavy atom. The Labute approximate surface area is 174 Å².